The third-order valence-corrected chi connectivity index (χ3v) is 5.91. The van der Waals surface area contributed by atoms with Crippen LogP contribution in [0.2, 0.25) is 0 Å². The quantitative estimate of drug-likeness (QED) is 0.361. The van der Waals surface area contributed by atoms with Crippen molar-refractivity contribution in [1.82, 2.24) is 15.6 Å². The number of para-hydroxylation sites is 1. The van der Waals surface area contributed by atoms with E-state index >= 15 is 0 Å². The van der Waals surface area contributed by atoms with Crippen LogP contribution in [0.3, 0.4) is 0 Å². The van der Waals surface area contributed by atoms with E-state index in [-0.39, 0.29) is 17.7 Å². The molecule has 0 saturated carbocycles. The number of nitriles is 1. The normalized spacial score (nSPS) is 12.9. The van der Waals surface area contributed by atoms with Crippen LogP contribution in [-0.2, 0) is 11.2 Å². The first-order chi connectivity index (χ1) is 16.4. The van der Waals surface area contributed by atoms with Crippen molar-refractivity contribution in [2.75, 3.05) is 0 Å². The first-order valence-corrected chi connectivity index (χ1v) is 11.5. The van der Waals surface area contributed by atoms with E-state index in [1.165, 1.54) is 0 Å². The lowest BCUT2D eigenvalue weighted by molar-refractivity contribution is -0.123. The van der Waals surface area contributed by atoms with Gasteiger partial charge < -0.3 is 15.6 Å². The molecule has 1 heterocycles. The van der Waals surface area contributed by atoms with E-state index in [9.17, 15) is 14.9 Å². The molecule has 2 unspecified atom stereocenters. The van der Waals surface area contributed by atoms with E-state index in [1.54, 1.807) is 6.07 Å². The van der Waals surface area contributed by atoms with Crippen LogP contribution in [0, 0.1) is 17.2 Å². The molecule has 34 heavy (non-hydrogen) atoms. The molecule has 2 atom stereocenters. The molecule has 4 rings (SSSR count). The fourth-order valence-corrected chi connectivity index (χ4v) is 4.20. The predicted octanol–water partition coefficient (Wildman–Crippen LogP) is 4.72. The van der Waals surface area contributed by atoms with Crippen LogP contribution < -0.4 is 10.6 Å². The zero-order valence-electron chi connectivity index (χ0n) is 19.3. The number of amides is 2. The van der Waals surface area contributed by atoms with Crippen molar-refractivity contribution in [2.45, 2.75) is 38.8 Å². The highest BCUT2D eigenvalue weighted by Crippen LogP contribution is 2.19. The van der Waals surface area contributed by atoms with Gasteiger partial charge in [-0.05, 0) is 46.9 Å². The summed E-state index contributed by atoms with van der Waals surface area (Å²) in [5.74, 6) is -0.479. The van der Waals surface area contributed by atoms with Gasteiger partial charge in [-0.25, -0.2) is 0 Å². The van der Waals surface area contributed by atoms with Crippen LogP contribution in [0.15, 0.2) is 72.9 Å². The standard InChI is InChI=1S/C28H28N4O2/c1-18(2)13-26(32-27(33)21-12-11-19-7-3-4-8-20(19)14-21)28(34)31-23(16-29)15-22-17-30-25-10-6-5-9-24(22)25/h3-12,14,17-18,23,26,30H,13,15H2,1-2H3,(H,31,34)(H,32,33). The topological polar surface area (TPSA) is 97.8 Å². The monoisotopic (exact) mass is 452 g/mol. The van der Waals surface area contributed by atoms with Crippen molar-refractivity contribution in [3.8, 4) is 6.07 Å². The lowest BCUT2D eigenvalue weighted by Gasteiger charge is -2.22. The van der Waals surface area contributed by atoms with Crippen molar-refractivity contribution >= 4 is 33.5 Å². The summed E-state index contributed by atoms with van der Waals surface area (Å²) in [6.45, 7) is 3.99. The largest absolute Gasteiger partial charge is 0.361 e. The summed E-state index contributed by atoms with van der Waals surface area (Å²) in [5, 5.41) is 18.5. The smallest absolute Gasteiger partial charge is 0.251 e. The molecule has 0 aliphatic heterocycles. The Morgan fingerprint density at radius 3 is 2.47 bits per heavy atom. The molecule has 2 amide bonds. The number of hydrogen-bond donors (Lipinski definition) is 3. The highest BCUT2D eigenvalue weighted by molar-refractivity contribution is 6.00. The van der Waals surface area contributed by atoms with E-state index in [4.69, 9.17) is 0 Å². The Hall–Kier alpha value is -4.11. The number of fused-ring (bicyclic) bond motifs is 2. The third kappa shape index (κ3) is 5.26. The van der Waals surface area contributed by atoms with Crippen molar-refractivity contribution in [2.24, 2.45) is 5.92 Å². The summed E-state index contributed by atoms with van der Waals surface area (Å²) in [5.41, 5.74) is 2.44. The van der Waals surface area contributed by atoms with Crippen LogP contribution in [0.1, 0.15) is 36.2 Å². The highest BCUT2D eigenvalue weighted by atomic mass is 16.2. The molecule has 4 aromatic rings. The van der Waals surface area contributed by atoms with Gasteiger partial charge in [0, 0.05) is 29.1 Å². The number of carbonyl (C=O) groups excluding carboxylic acids is 2. The molecule has 3 aromatic carbocycles. The molecule has 0 radical (unpaired) electrons. The van der Waals surface area contributed by atoms with Crippen LogP contribution in [-0.4, -0.2) is 28.9 Å². The highest BCUT2D eigenvalue weighted by Gasteiger charge is 2.25. The number of hydrogen-bond acceptors (Lipinski definition) is 3. The SMILES string of the molecule is CC(C)CC(NC(=O)c1ccc2ccccc2c1)C(=O)NC(C#N)Cc1c[nH]c2ccccc12. The fraction of sp³-hybridized carbons (Fsp3) is 0.250. The number of benzene rings is 3. The zero-order valence-corrected chi connectivity index (χ0v) is 19.3. The minimum absolute atomic E-state index is 0.182. The summed E-state index contributed by atoms with van der Waals surface area (Å²) < 4.78 is 0. The molecule has 3 N–H and O–H groups in total. The molecular formula is C28H28N4O2. The van der Waals surface area contributed by atoms with Crippen molar-refractivity contribution < 1.29 is 9.59 Å². The van der Waals surface area contributed by atoms with E-state index < -0.39 is 12.1 Å². The lowest BCUT2D eigenvalue weighted by atomic mass is 10.0. The maximum atomic E-state index is 13.1. The second-order valence-electron chi connectivity index (χ2n) is 8.97. The number of nitrogens with zero attached hydrogens (tertiary/aromatic N) is 1. The number of aromatic nitrogens is 1. The van der Waals surface area contributed by atoms with Gasteiger partial charge in [-0.3, -0.25) is 9.59 Å². The molecule has 6 heteroatoms. The number of nitrogens with one attached hydrogen (secondary N) is 3. The average molecular weight is 453 g/mol. The summed E-state index contributed by atoms with van der Waals surface area (Å²) >= 11 is 0. The Morgan fingerprint density at radius 1 is 0.971 bits per heavy atom. The molecule has 0 bridgehead atoms. The second kappa shape index (κ2) is 10.2. The maximum Gasteiger partial charge on any atom is 0.251 e. The van der Waals surface area contributed by atoms with Crippen LogP contribution in [0.4, 0.5) is 0 Å². The summed E-state index contributed by atoms with van der Waals surface area (Å²) in [6.07, 6.45) is 2.71. The number of H-pyrrole nitrogens is 1. The average Bonchev–Trinajstić information content (AvgIpc) is 3.25. The molecule has 0 spiro atoms. The predicted molar refractivity (Wildman–Crippen MR) is 134 cm³/mol. The fourth-order valence-electron chi connectivity index (χ4n) is 4.20. The molecule has 1 aromatic heterocycles. The molecular weight excluding hydrogens is 424 g/mol. The molecule has 0 aliphatic rings. The minimum Gasteiger partial charge on any atom is -0.361 e. The maximum absolute atomic E-state index is 13.1. The van der Waals surface area contributed by atoms with Gasteiger partial charge in [0.25, 0.3) is 5.91 Å². The van der Waals surface area contributed by atoms with Gasteiger partial charge in [0.2, 0.25) is 5.91 Å². The Morgan fingerprint density at radius 2 is 1.71 bits per heavy atom. The number of carbonyl (C=O) groups is 2. The van der Waals surface area contributed by atoms with Gasteiger partial charge in [-0.2, -0.15) is 5.26 Å². The number of rotatable bonds is 8. The third-order valence-electron chi connectivity index (χ3n) is 5.91. The molecule has 0 fully saturated rings. The van der Waals surface area contributed by atoms with Crippen LogP contribution in [0.5, 0.6) is 0 Å². The Labute approximate surface area is 199 Å². The lowest BCUT2D eigenvalue weighted by Crippen LogP contribution is -2.50. The van der Waals surface area contributed by atoms with E-state index in [0.717, 1.165) is 27.2 Å². The van der Waals surface area contributed by atoms with E-state index in [2.05, 4.69) is 21.7 Å². The summed E-state index contributed by atoms with van der Waals surface area (Å²) in [4.78, 5) is 29.3. The molecule has 6 nitrogen and oxygen atoms in total. The summed E-state index contributed by atoms with van der Waals surface area (Å²) in [7, 11) is 0. The van der Waals surface area contributed by atoms with Gasteiger partial charge in [-0.15, -0.1) is 0 Å². The molecule has 0 saturated heterocycles. The Bertz CT molecular complexity index is 1370. The van der Waals surface area contributed by atoms with Gasteiger partial charge in [0.1, 0.15) is 12.1 Å². The van der Waals surface area contributed by atoms with Gasteiger partial charge in [0.15, 0.2) is 0 Å². The first-order valence-electron chi connectivity index (χ1n) is 11.5. The molecule has 0 aliphatic carbocycles. The van der Waals surface area contributed by atoms with E-state index in [0.29, 0.717) is 18.4 Å². The van der Waals surface area contributed by atoms with Gasteiger partial charge in [0.05, 0.1) is 6.07 Å². The van der Waals surface area contributed by atoms with Gasteiger partial charge >= 0.3 is 0 Å². The summed E-state index contributed by atoms with van der Waals surface area (Å²) in [6, 6.07) is 21.9. The Balaban J connectivity index is 1.47. The molecule has 172 valence electrons. The first kappa shape index (κ1) is 23.1. The van der Waals surface area contributed by atoms with Crippen molar-refractivity contribution in [1.29, 1.82) is 5.26 Å². The van der Waals surface area contributed by atoms with E-state index in [1.807, 2.05) is 80.7 Å². The second-order valence-corrected chi connectivity index (χ2v) is 8.97. The van der Waals surface area contributed by atoms with Crippen LogP contribution >= 0.6 is 0 Å². The minimum atomic E-state index is -0.738. The van der Waals surface area contributed by atoms with Crippen LogP contribution in [0.25, 0.3) is 21.7 Å². The number of aromatic amines is 1. The van der Waals surface area contributed by atoms with Crippen molar-refractivity contribution in [3.05, 3.63) is 84.1 Å². The zero-order chi connectivity index (χ0) is 24.1. The Kier molecular flexibility index (Phi) is 6.93. The van der Waals surface area contributed by atoms with Crippen molar-refractivity contribution in [3.63, 3.8) is 0 Å². The van der Waals surface area contributed by atoms with Gasteiger partial charge in [-0.1, -0.05) is 62.4 Å².